The van der Waals surface area contributed by atoms with E-state index in [0.717, 1.165) is 41.2 Å². The molecule has 31 heavy (non-hydrogen) atoms. The van der Waals surface area contributed by atoms with Crippen LogP contribution in [0, 0.1) is 6.92 Å². The number of aromatic nitrogens is 3. The number of pyridine rings is 1. The number of methoxy groups -OCH3 is 1. The van der Waals surface area contributed by atoms with Gasteiger partial charge in [0.05, 0.1) is 20.2 Å². The first-order valence-electron chi connectivity index (χ1n) is 10.4. The van der Waals surface area contributed by atoms with E-state index in [9.17, 15) is 0 Å². The van der Waals surface area contributed by atoms with Gasteiger partial charge in [-0.1, -0.05) is 12.1 Å². The minimum absolute atomic E-state index is 0.0460. The number of hydrogen-bond donors (Lipinski definition) is 2. The average Bonchev–Trinajstić information content (AvgIpc) is 3.22. The molecule has 0 aliphatic rings. The molecule has 1 aromatic carbocycles. The standard InChI is InChI=1S/C23H30N6O2/c1-5-24-23(27-14-17(2)31-21-8-6-7-20(13-21)30-4)28-16-19-9-10-22(26-15-19)29-12-11-25-18(29)3/h6-13,15,17H,5,14,16H2,1-4H3,(H2,24,27,28). The largest absolute Gasteiger partial charge is 0.497 e. The quantitative estimate of drug-likeness (QED) is 0.407. The van der Waals surface area contributed by atoms with E-state index in [1.165, 1.54) is 0 Å². The van der Waals surface area contributed by atoms with Gasteiger partial charge in [-0.3, -0.25) is 4.57 Å². The SMILES string of the molecule is CCNC(=NCc1ccc(-n2ccnc2C)nc1)NCC(C)Oc1cccc(OC)c1. The Kier molecular flexibility index (Phi) is 7.86. The van der Waals surface area contributed by atoms with Crippen molar-refractivity contribution in [3.8, 4) is 17.3 Å². The molecule has 8 nitrogen and oxygen atoms in total. The zero-order valence-electron chi connectivity index (χ0n) is 18.5. The Labute approximate surface area is 183 Å². The molecular weight excluding hydrogens is 392 g/mol. The topological polar surface area (TPSA) is 85.6 Å². The van der Waals surface area contributed by atoms with Gasteiger partial charge in [0.25, 0.3) is 0 Å². The summed E-state index contributed by atoms with van der Waals surface area (Å²) in [6.07, 6.45) is 5.46. The number of aryl methyl sites for hydroxylation is 1. The van der Waals surface area contributed by atoms with Crippen LogP contribution >= 0.6 is 0 Å². The van der Waals surface area contributed by atoms with E-state index < -0.39 is 0 Å². The van der Waals surface area contributed by atoms with Crippen molar-refractivity contribution >= 4 is 5.96 Å². The van der Waals surface area contributed by atoms with Gasteiger partial charge in [-0.2, -0.15) is 0 Å². The molecule has 1 unspecified atom stereocenters. The van der Waals surface area contributed by atoms with Crippen LogP contribution in [-0.2, 0) is 6.54 Å². The average molecular weight is 423 g/mol. The van der Waals surface area contributed by atoms with E-state index >= 15 is 0 Å². The molecule has 164 valence electrons. The number of hydrogen-bond acceptors (Lipinski definition) is 5. The second kappa shape index (κ2) is 11.0. The number of nitrogens with one attached hydrogen (secondary N) is 2. The third kappa shape index (κ3) is 6.47. The zero-order valence-corrected chi connectivity index (χ0v) is 18.5. The smallest absolute Gasteiger partial charge is 0.191 e. The third-order valence-corrected chi connectivity index (χ3v) is 4.58. The Hall–Kier alpha value is -3.55. The minimum Gasteiger partial charge on any atom is -0.497 e. The molecule has 3 rings (SSSR count). The van der Waals surface area contributed by atoms with Crippen LogP contribution in [0.15, 0.2) is 60.0 Å². The normalized spacial score (nSPS) is 12.3. The molecule has 0 spiro atoms. The summed E-state index contributed by atoms with van der Waals surface area (Å²) < 4.78 is 13.2. The van der Waals surface area contributed by atoms with Crippen molar-refractivity contribution in [1.29, 1.82) is 0 Å². The Morgan fingerprint density at radius 2 is 2.00 bits per heavy atom. The fourth-order valence-corrected chi connectivity index (χ4v) is 2.97. The molecule has 0 bridgehead atoms. The summed E-state index contributed by atoms with van der Waals surface area (Å²) in [6, 6.07) is 11.6. The first kappa shape index (κ1) is 22.1. The van der Waals surface area contributed by atoms with E-state index in [0.29, 0.717) is 13.1 Å². The lowest BCUT2D eigenvalue weighted by Gasteiger charge is -2.18. The Balaban J connectivity index is 1.55. The van der Waals surface area contributed by atoms with Gasteiger partial charge in [0.2, 0.25) is 0 Å². The van der Waals surface area contributed by atoms with E-state index in [4.69, 9.17) is 9.47 Å². The second-order valence-electron chi connectivity index (χ2n) is 7.05. The highest BCUT2D eigenvalue weighted by atomic mass is 16.5. The molecular formula is C23H30N6O2. The fraction of sp³-hybridized carbons (Fsp3) is 0.348. The highest BCUT2D eigenvalue weighted by molar-refractivity contribution is 5.79. The maximum Gasteiger partial charge on any atom is 0.191 e. The zero-order chi connectivity index (χ0) is 22.1. The van der Waals surface area contributed by atoms with Gasteiger partial charge < -0.3 is 20.1 Å². The number of nitrogens with zero attached hydrogens (tertiary/aromatic N) is 4. The molecule has 0 saturated heterocycles. The van der Waals surface area contributed by atoms with Crippen LogP contribution in [0.5, 0.6) is 11.5 Å². The number of aliphatic imine (C=N–C) groups is 1. The van der Waals surface area contributed by atoms with Gasteiger partial charge in [0.1, 0.15) is 29.2 Å². The first-order chi connectivity index (χ1) is 15.1. The molecule has 0 saturated carbocycles. The van der Waals surface area contributed by atoms with Crippen molar-refractivity contribution in [3.63, 3.8) is 0 Å². The van der Waals surface area contributed by atoms with Crippen molar-refractivity contribution in [2.75, 3.05) is 20.2 Å². The summed E-state index contributed by atoms with van der Waals surface area (Å²) in [5, 5.41) is 6.59. The van der Waals surface area contributed by atoms with E-state index in [2.05, 4.69) is 25.6 Å². The first-order valence-corrected chi connectivity index (χ1v) is 10.4. The summed E-state index contributed by atoms with van der Waals surface area (Å²) >= 11 is 0. The Bertz CT molecular complexity index is 984. The fourth-order valence-electron chi connectivity index (χ4n) is 2.97. The number of imidazole rings is 1. The molecule has 3 aromatic rings. The molecule has 2 heterocycles. The van der Waals surface area contributed by atoms with Crippen LogP contribution in [-0.4, -0.2) is 46.8 Å². The van der Waals surface area contributed by atoms with Crippen molar-refractivity contribution in [3.05, 3.63) is 66.4 Å². The summed E-state index contributed by atoms with van der Waals surface area (Å²) in [5.41, 5.74) is 1.03. The highest BCUT2D eigenvalue weighted by Crippen LogP contribution is 2.19. The van der Waals surface area contributed by atoms with Crippen molar-refractivity contribution in [1.82, 2.24) is 25.2 Å². The second-order valence-corrected chi connectivity index (χ2v) is 7.05. The van der Waals surface area contributed by atoms with Crippen LogP contribution in [0.4, 0.5) is 0 Å². The van der Waals surface area contributed by atoms with Crippen molar-refractivity contribution < 1.29 is 9.47 Å². The predicted octanol–water partition coefficient (Wildman–Crippen LogP) is 3.11. The molecule has 0 aliphatic carbocycles. The van der Waals surface area contributed by atoms with Gasteiger partial charge in [-0.05, 0) is 44.5 Å². The van der Waals surface area contributed by atoms with Crippen LogP contribution in [0.3, 0.4) is 0 Å². The summed E-state index contributed by atoms with van der Waals surface area (Å²) in [4.78, 5) is 13.4. The summed E-state index contributed by atoms with van der Waals surface area (Å²) in [5.74, 6) is 4.03. The number of ether oxygens (including phenoxy) is 2. The number of rotatable bonds is 9. The maximum atomic E-state index is 5.96. The molecule has 0 aliphatic heterocycles. The number of guanidine groups is 1. The van der Waals surface area contributed by atoms with E-state index in [1.54, 1.807) is 13.3 Å². The molecule has 0 radical (unpaired) electrons. The monoisotopic (exact) mass is 422 g/mol. The lowest BCUT2D eigenvalue weighted by Crippen LogP contribution is -2.41. The van der Waals surface area contributed by atoms with Crippen molar-refractivity contribution in [2.24, 2.45) is 4.99 Å². The van der Waals surface area contributed by atoms with Crippen LogP contribution in [0.2, 0.25) is 0 Å². The Morgan fingerprint density at radius 3 is 2.68 bits per heavy atom. The van der Waals surface area contributed by atoms with Crippen LogP contribution in [0.25, 0.3) is 5.82 Å². The van der Waals surface area contributed by atoms with E-state index in [1.807, 2.05) is 74.1 Å². The molecule has 1 atom stereocenters. The molecule has 0 fully saturated rings. The number of benzene rings is 1. The van der Waals surface area contributed by atoms with Crippen molar-refractivity contribution in [2.45, 2.75) is 33.4 Å². The van der Waals surface area contributed by atoms with Crippen LogP contribution in [0.1, 0.15) is 25.2 Å². The van der Waals surface area contributed by atoms with Gasteiger partial charge >= 0.3 is 0 Å². The van der Waals surface area contributed by atoms with Crippen LogP contribution < -0.4 is 20.1 Å². The van der Waals surface area contributed by atoms with Gasteiger partial charge in [-0.15, -0.1) is 0 Å². The van der Waals surface area contributed by atoms with E-state index in [-0.39, 0.29) is 6.10 Å². The summed E-state index contributed by atoms with van der Waals surface area (Å²) in [7, 11) is 1.64. The molecule has 2 N–H and O–H groups in total. The van der Waals surface area contributed by atoms with Gasteiger partial charge in [-0.25, -0.2) is 15.0 Å². The van der Waals surface area contributed by atoms with Gasteiger partial charge in [0.15, 0.2) is 5.96 Å². The lowest BCUT2D eigenvalue weighted by molar-refractivity contribution is 0.223. The Morgan fingerprint density at radius 1 is 1.16 bits per heavy atom. The predicted molar refractivity (Wildman–Crippen MR) is 122 cm³/mol. The molecule has 0 amide bonds. The summed E-state index contributed by atoms with van der Waals surface area (Å²) in [6.45, 7) is 7.91. The third-order valence-electron chi connectivity index (χ3n) is 4.58. The van der Waals surface area contributed by atoms with Gasteiger partial charge in [0, 0.05) is 31.2 Å². The molecule has 8 heteroatoms. The lowest BCUT2D eigenvalue weighted by atomic mass is 10.3. The maximum absolute atomic E-state index is 5.96. The minimum atomic E-state index is -0.0460. The molecule has 2 aromatic heterocycles. The highest BCUT2D eigenvalue weighted by Gasteiger charge is 2.07.